The predicted molar refractivity (Wildman–Crippen MR) is 50.0 cm³/mol. The van der Waals surface area contributed by atoms with Gasteiger partial charge in [0.1, 0.15) is 5.60 Å². The van der Waals surface area contributed by atoms with Crippen LogP contribution in [0.4, 0.5) is 5.69 Å². The Bertz CT molecular complexity index is 351. The highest BCUT2D eigenvalue weighted by molar-refractivity contribution is 5.79. The third-order valence-electron chi connectivity index (χ3n) is 2.26. The molecule has 1 rings (SSSR count). The fourth-order valence-electron chi connectivity index (χ4n) is 1.32. The van der Waals surface area contributed by atoms with Crippen LogP contribution >= 0.6 is 0 Å². The van der Waals surface area contributed by atoms with Crippen molar-refractivity contribution in [3.8, 4) is 0 Å². The molecule has 0 aliphatic carbocycles. The van der Waals surface area contributed by atoms with Crippen LogP contribution in [0.2, 0.25) is 0 Å². The molecule has 0 fully saturated rings. The van der Waals surface area contributed by atoms with E-state index in [1.54, 1.807) is 25.1 Å². The van der Waals surface area contributed by atoms with Crippen LogP contribution in [0.3, 0.4) is 0 Å². The first-order chi connectivity index (χ1) is 6.52. The molecule has 1 aromatic carbocycles. The van der Waals surface area contributed by atoms with E-state index in [1.165, 1.54) is 6.07 Å². The Hall–Kier alpha value is -1.55. The van der Waals surface area contributed by atoms with Gasteiger partial charge in [0.15, 0.2) is 0 Å². The van der Waals surface area contributed by atoms with Gasteiger partial charge >= 0.3 is 0 Å². The molecule has 0 saturated heterocycles. The Balaban J connectivity index is 3.26. The molecule has 0 bridgehead atoms. The number of carbonyl (C=O) groups is 1. The second-order valence-corrected chi connectivity index (χ2v) is 3.09. The predicted octanol–water partition coefficient (Wildman–Crippen LogP) is -0.384. The van der Waals surface area contributed by atoms with Crippen molar-refractivity contribution >= 4 is 11.7 Å². The topological polar surface area (TPSA) is 86.4 Å². The molecule has 0 aromatic heterocycles. The first-order valence-electron chi connectivity index (χ1n) is 4.31. The van der Waals surface area contributed by atoms with Gasteiger partial charge in [-0.25, -0.2) is 0 Å². The number of carboxylic acids is 1. The van der Waals surface area contributed by atoms with Gasteiger partial charge in [0.2, 0.25) is 0 Å². The molecule has 0 radical (unpaired) electrons. The first kappa shape index (κ1) is 10.5. The lowest BCUT2D eigenvalue weighted by Crippen LogP contribution is -2.45. The second-order valence-electron chi connectivity index (χ2n) is 3.09. The van der Waals surface area contributed by atoms with Crippen molar-refractivity contribution in [1.82, 2.24) is 0 Å². The van der Waals surface area contributed by atoms with Crippen LogP contribution < -0.4 is 10.8 Å². The number of aliphatic carboxylic acids is 1. The van der Waals surface area contributed by atoms with Crippen molar-refractivity contribution in [2.45, 2.75) is 18.9 Å². The summed E-state index contributed by atoms with van der Waals surface area (Å²) in [5, 5.41) is 20.6. The number of rotatable bonds is 3. The Kier molecular flexibility index (Phi) is 2.76. The van der Waals surface area contributed by atoms with Gasteiger partial charge in [-0.3, -0.25) is 0 Å². The van der Waals surface area contributed by atoms with Crippen LogP contribution in [0.15, 0.2) is 24.3 Å². The molecular formula is C10H12NO3-. The molecule has 0 saturated carbocycles. The molecule has 1 aromatic rings. The van der Waals surface area contributed by atoms with Crippen molar-refractivity contribution < 1.29 is 15.0 Å². The molecule has 0 amide bonds. The number of hydrogen-bond acceptors (Lipinski definition) is 4. The van der Waals surface area contributed by atoms with Crippen LogP contribution in [0.5, 0.6) is 0 Å². The van der Waals surface area contributed by atoms with Gasteiger partial charge in [-0.2, -0.15) is 0 Å². The van der Waals surface area contributed by atoms with Crippen molar-refractivity contribution in [3.63, 3.8) is 0 Å². The van der Waals surface area contributed by atoms with Gasteiger partial charge in [-0.15, -0.1) is 0 Å². The fraction of sp³-hybridized carbons (Fsp3) is 0.300. The number of carbonyl (C=O) groups excluding carboxylic acids is 1. The van der Waals surface area contributed by atoms with Gasteiger partial charge in [0.05, 0.1) is 5.97 Å². The summed E-state index contributed by atoms with van der Waals surface area (Å²) in [6, 6.07) is 6.31. The fourth-order valence-corrected chi connectivity index (χ4v) is 1.32. The van der Waals surface area contributed by atoms with Gasteiger partial charge in [0.25, 0.3) is 0 Å². The third-order valence-corrected chi connectivity index (χ3v) is 2.26. The zero-order valence-electron chi connectivity index (χ0n) is 7.86. The van der Waals surface area contributed by atoms with E-state index in [2.05, 4.69) is 0 Å². The van der Waals surface area contributed by atoms with E-state index >= 15 is 0 Å². The molecule has 0 aliphatic rings. The second kappa shape index (κ2) is 3.67. The SMILES string of the molecule is CCC(O)(C(=O)[O-])c1ccccc1N. The van der Waals surface area contributed by atoms with Crippen molar-refractivity contribution in [2.24, 2.45) is 0 Å². The largest absolute Gasteiger partial charge is 0.547 e. The molecular weight excluding hydrogens is 182 g/mol. The van der Waals surface area contributed by atoms with Crippen LogP contribution in [0, 0.1) is 0 Å². The number of para-hydroxylation sites is 1. The van der Waals surface area contributed by atoms with E-state index in [1.807, 2.05) is 0 Å². The van der Waals surface area contributed by atoms with Gasteiger partial charge in [0, 0.05) is 11.3 Å². The molecule has 4 nitrogen and oxygen atoms in total. The highest BCUT2D eigenvalue weighted by Crippen LogP contribution is 2.28. The molecule has 0 aliphatic heterocycles. The molecule has 0 heterocycles. The number of carboxylic acid groups (broad SMARTS) is 1. The van der Waals surface area contributed by atoms with E-state index in [4.69, 9.17) is 5.73 Å². The maximum Gasteiger partial charge on any atom is 0.131 e. The minimum atomic E-state index is -1.99. The molecule has 14 heavy (non-hydrogen) atoms. The van der Waals surface area contributed by atoms with Crippen LogP contribution in [-0.4, -0.2) is 11.1 Å². The quantitative estimate of drug-likeness (QED) is 0.642. The summed E-state index contributed by atoms with van der Waals surface area (Å²) in [7, 11) is 0. The lowest BCUT2D eigenvalue weighted by atomic mass is 9.90. The average Bonchev–Trinajstić information content (AvgIpc) is 2.17. The number of benzene rings is 1. The van der Waals surface area contributed by atoms with Crippen LogP contribution in [0.25, 0.3) is 0 Å². The summed E-state index contributed by atoms with van der Waals surface area (Å²) in [4.78, 5) is 10.8. The summed E-state index contributed by atoms with van der Waals surface area (Å²) in [5.74, 6) is -1.53. The summed E-state index contributed by atoms with van der Waals surface area (Å²) in [6.45, 7) is 1.56. The summed E-state index contributed by atoms with van der Waals surface area (Å²) in [6.07, 6.45) is 0.0174. The summed E-state index contributed by atoms with van der Waals surface area (Å²) in [5.41, 5.74) is 4.01. The molecule has 4 heteroatoms. The smallest absolute Gasteiger partial charge is 0.131 e. The van der Waals surface area contributed by atoms with E-state index in [0.29, 0.717) is 0 Å². The first-order valence-corrected chi connectivity index (χ1v) is 4.31. The van der Waals surface area contributed by atoms with Crippen molar-refractivity contribution in [3.05, 3.63) is 29.8 Å². The van der Waals surface area contributed by atoms with Gasteiger partial charge < -0.3 is 20.7 Å². The Morgan fingerprint density at radius 3 is 2.57 bits per heavy atom. The number of hydrogen-bond donors (Lipinski definition) is 2. The summed E-state index contributed by atoms with van der Waals surface area (Å²) >= 11 is 0. The van der Waals surface area contributed by atoms with Crippen LogP contribution in [-0.2, 0) is 10.4 Å². The van der Waals surface area contributed by atoms with E-state index < -0.39 is 11.6 Å². The number of nitrogens with two attached hydrogens (primary N) is 1. The number of anilines is 1. The maximum absolute atomic E-state index is 10.8. The normalized spacial score (nSPS) is 14.7. The highest BCUT2D eigenvalue weighted by Gasteiger charge is 2.30. The van der Waals surface area contributed by atoms with E-state index in [-0.39, 0.29) is 17.7 Å². The third kappa shape index (κ3) is 1.56. The highest BCUT2D eigenvalue weighted by atomic mass is 16.4. The molecule has 1 atom stereocenters. The average molecular weight is 194 g/mol. The molecule has 1 unspecified atom stereocenters. The lowest BCUT2D eigenvalue weighted by Gasteiger charge is -2.29. The van der Waals surface area contributed by atoms with Crippen LogP contribution in [0.1, 0.15) is 18.9 Å². The molecule has 0 spiro atoms. The van der Waals surface area contributed by atoms with Gasteiger partial charge in [-0.1, -0.05) is 25.1 Å². The monoisotopic (exact) mass is 194 g/mol. The Morgan fingerprint density at radius 1 is 1.57 bits per heavy atom. The molecule has 76 valence electrons. The van der Waals surface area contributed by atoms with Crippen molar-refractivity contribution in [2.75, 3.05) is 5.73 Å². The Morgan fingerprint density at radius 2 is 2.14 bits per heavy atom. The molecule has 3 N–H and O–H groups in total. The van der Waals surface area contributed by atoms with E-state index in [9.17, 15) is 15.0 Å². The number of nitrogen functional groups attached to an aromatic ring is 1. The maximum atomic E-state index is 10.8. The zero-order valence-corrected chi connectivity index (χ0v) is 7.86. The Labute approximate surface area is 82.0 Å². The minimum absolute atomic E-state index is 0.0174. The zero-order chi connectivity index (χ0) is 10.8. The van der Waals surface area contributed by atoms with Gasteiger partial charge in [-0.05, 0) is 12.5 Å². The number of aliphatic hydroxyl groups is 1. The lowest BCUT2D eigenvalue weighted by molar-refractivity contribution is -0.326. The minimum Gasteiger partial charge on any atom is -0.547 e. The standard InChI is InChI=1S/C10H13NO3/c1-2-10(14,9(12)13)7-5-3-4-6-8(7)11/h3-6,14H,2,11H2,1H3,(H,12,13)/p-1. The van der Waals surface area contributed by atoms with Crippen molar-refractivity contribution in [1.29, 1.82) is 0 Å². The summed E-state index contributed by atoms with van der Waals surface area (Å²) < 4.78 is 0. The van der Waals surface area contributed by atoms with E-state index in [0.717, 1.165) is 0 Å².